The molecular weight excluding hydrogens is 200 g/mol. The van der Waals surface area contributed by atoms with Gasteiger partial charge in [0, 0.05) is 5.25 Å². The number of methoxy groups -OCH3 is 1. The number of esters is 1. The molecule has 0 aliphatic heterocycles. The van der Waals surface area contributed by atoms with Crippen LogP contribution in [0.1, 0.15) is 26.2 Å². The largest absolute Gasteiger partial charge is 0.469 e. The second-order valence-electron chi connectivity index (χ2n) is 3.69. The monoisotopic (exact) mass is 218 g/mol. The maximum atomic E-state index is 10.9. The van der Waals surface area contributed by atoms with Crippen molar-refractivity contribution in [3.05, 3.63) is 0 Å². The van der Waals surface area contributed by atoms with Crippen LogP contribution in [-0.2, 0) is 14.3 Å². The predicted molar refractivity (Wildman–Crippen MR) is 57.2 cm³/mol. The van der Waals surface area contributed by atoms with E-state index in [4.69, 9.17) is 4.74 Å². The fraction of sp³-hybridized carbons (Fsp3) is 0.900. The van der Waals surface area contributed by atoms with Gasteiger partial charge in [-0.25, -0.2) is 0 Å². The molecule has 1 unspecified atom stereocenters. The van der Waals surface area contributed by atoms with E-state index >= 15 is 0 Å². The first-order chi connectivity index (χ1) is 6.72. The maximum absolute atomic E-state index is 10.9. The summed E-state index contributed by atoms with van der Waals surface area (Å²) in [5, 5.41) is 0.279. The number of carbonyl (C=O) groups excluding carboxylic acids is 1. The normalized spacial score (nSPS) is 17.9. The van der Waals surface area contributed by atoms with Crippen LogP contribution in [-0.4, -0.2) is 30.9 Å². The van der Waals surface area contributed by atoms with Gasteiger partial charge in [-0.1, -0.05) is 6.92 Å². The molecule has 14 heavy (non-hydrogen) atoms. The van der Waals surface area contributed by atoms with Crippen molar-refractivity contribution in [3.63, 3.8) is 0 Å². The van der Waals surface area contributed by atoms with Gasteiger partial charge >= 0.3 is 5.97 Å². The van der Waals surface area contributed by atoms with Crippen LogP contribution in [0.15, 0.2) is 0 Å². The van der Waals surface area contributed by atoms with Crippen molar-refractivity contribution in [3.8, 4) is 0 Å². The van der Waals surface area contributed by atoms with E-state index in [9.17, 15) is 4.79 Å². The Morgan fingerprint density at radius 1 is 1.57 bits per heavy atom. The minimum atomic E-state index is -0.146. The van der Waals surface area contributed by atoms with Crippen LogP contribution in [0.25, 0.3) is 0 Å². The van der Waals surface area contributed by atoms with Crippen molar-refractivity contribution in [2.75, 3.05) is 19.7 Å². The molecule has 1 atom stereocenters. The molecule has 4 heteroatoms. The Kier molecular flexibility index (Phi) is 5.33. The van der Waals surface area contributed by atoms with Crippen molar-refractivity contribution in [2.24, 2.45) is 5.92 Å². The average Bonchev–Trinajstić information content (AvgIpc) is 2.96. The maximum Gasteiger partial charge on any atom is 0.306 e. The highest BCUT2D eigenvalue weighted by atomic mass is 32.2. The molecule has 0 heterocycles. The molecular formula is C10H18O3S. The molecule has 0 spiro atoms. The highest BCUT2D eigenvalue weighted by molar-refractivity contribution is 7.99. The summed E-state index contributed by atoms with van der Waals surface area (Å²) in [6.07, 6.45) is 3.11. The Morgan fingerprint density at radius 2 is 2.29 bits per heavy atom. The van der Waals surface area contributed by atoms with E-state index in [0.717, 1.165) is 12.5 Å². The van der Waals surface area contributed by atoms with Crippen molar-refractivity contribution in [1.29, 1.82) is 0 Å². The van der Waals surface area contributed by atoms with Gasteiger partial charge in [0.15, 0.2) is 0 Å². The van der Waals surface area contributed by atoms with E-state index < -0.39 is 0 Å². The topological polar surface area (TPSA) is 35.5 Å². The Balaban J connectivity index is 1.90. The zero-order valence-corrected chi connectivity index (χ0v) is 9.64. The molecule has 82 valence electrons. The van der Waals surface area contributed by atoms with Gasteiger partial charge in [0.2, 0.25) is 0 Å². The minimum absolute atomic E-state index is 0.146. The molecule has 0 aromatic carbocycles. The summed E-state index contributed by atoms with van der Waals surface area (Å²) in [4.78, 5) is 10.9. The van der Waals surface area contributed by atoms with Gasteiger partial charge in [-0.3, -0.25) is 4.79 Å². The van der Waals surface area contributed by atoms with Crippen LogP contribution >= 0.6 is 11.8 Å². The SMILES string of the molecule is COC(=O)CC(C)SCOCC1CC1. The number of carbonyl (C=O) groups is 1. The van der Waals surface area contributed by atoms with E-state index in [1.165, 1.54) is 20.0 Å². The average molecular weight is 218 g/mol. The molecule has 1 aliphatic carbocycles. The van der Waals surface area contributed by atoms with Gasteiger partial charge in [0.05, 0.1) is 26.1 Å². The van der Waals surface area contributed by atoms with Gasteiger partial charge in [-0.2, -0.15) is 0 Å². The molecule has 1 rings (SSSR count). The molecule has 0 saturated heterocycles. The number of rotatable bonds is 7. The molecule has 0 bridgehead atoms. The fourth-order valence-electron chi connectivity index (χ4n) is 1.04. The molecule has 0 radical (unpaired) electrons. The molecule has 0 amide bonds. The molecule has 1 fully saturated rings. The van der Waals surface area contributed by atoms with Crippen LogP contribution in [0.5, 0.6) is 0 Å². The first-order valence-electron chi connectivity index (χ1n) is 4.98. The van der Waals surface area contributed by atoms with Gasteiger partial charge in [-0.15, -0.1) is 11.8 Å². The third-order valence-electron chi connectivity index (χ3n) is 2.17. The number of hydrogen-bond acceptors (Lipinski definition) is 4. The van der Waals surface area contributed by atoms with Gasteiger partial charge in [-0.05, 0) is 18.8 Å². The highest BCUT2D eigenvalue weighted by Crippen LogP contribution is 2.29. The number of thioether (sulfide) groups is 1. The molecule has 0 aromatic rings. The Labute approximate surface area is 89.5 Å². The second kappa shape index (κ2) is 6.30. The smallest absolute Gasteiger partial charge is 0.306 e. The molecule has 1 saturated carbocycles. The Morgan fingerprint density at radius 3 is 2.86 bits per heavy atom. The van der Waals surface area contributed by atoms with Gasteiger partial charge < -0.3 is 9.47 Å². The van der Waals surface area contributed by atoms with Crippen LogP contribution in [0.4, 0.5) is 0 Å². The Hall–Kier alpha value is -0.220. The standard InChI is InChI=1S/C10H18O3S/c1-8(5-10(11)12-2)14-7-13-6-9-3-4-9/h8-9H,3-7H2,1-2H3. The van der Waals surface area contributed by atoms with E-state index in [2.05, 4.69) is 4.74 Å². The minimum Gasteiger partial charge on any atom is -0.469 e. The van der Waals surface area contributed by atoms with Crippen LogP contribution in [0, 0.1) is 5.92 Å². The lowest BCUT2D eigenvalue weighted by Gasteiger charge is -2.09. The van der Waals surface area contributed by atoms with Crippen LogP contribution in [0.3, 0.4) is 0 Å². The van der Waals surface area contributed by atoms with Crippen molar-refractivity contribution >= 4 is 17.7 Å². The third-order valence-corrected chi connectivity index (χ3v) is 3.21. The fourth-order valence-corrected chi connectivity index (χ4v) is 1.72. The van der Waals surface area contributed by atoms with E-state index in [1.807, 2.05) is 6.92 Å². The highest BCUT2D eigenvalue weighted by Gasteiger charge is 2.21. The van der Waals surface area contributed by atoms with E-state index in [1.54, 1.807) is 11.8 Å². The first kappa shape index (κ1) is 11.9. The predicted octanol–water partition coefficient (Wildman–Crippen LogP) is 2.06. The summed E-state index contributed by atoms with van der Waals surface area (Å²) in [5.41, 5.74) is 0. The summed E-state index contributed by atoms with van der Waals surface area (Å²) in [7, 11) is 1.42. The summed E-state index contributed by atoms with van der Waals surface area (Å²) in [6, 6.07) is 0. The van der Waals surface area contributed by atoms with E-state index in [0.29, 0.717) is 12.4 Å². The summed E-state index contributed by atoms with van der Waals surface area (Å²) in [6.45, 7) is 2.90. The van der Waals surface area contributed by atoms with Gasteiger partial charge in [0.1, 0.15) is 0 Å². The summed E-state index contributed by atoms with van der Waals surface area (Å²) in [5.74, 6) is 1.35. The summed E-state index contributed by atoms with van der Waals surface area (Å²) < 4.78 is 10.0. The lowest BCUT2D eigenvalue weighted by atomic mass is 10.3. The Bertz CT molecular complexity index is 180. The van der Waals surface area contributed by atoms with Crippen molar-refractivity contribution in [2.45, 2.75) is 31.4 Å². The van der Waals surface area contributed by atoms with Crippen LogP contribution < -0.4 is 0 Å². The quantitative estimate of drug-likeness (QED) is 0.372. The lowest BCUT2D eigenvalue weighted by Crippen LogP contribution is -2.10. The van der Waals surface area contributed by atoms with Crippen LogP contribution in [0.2, 0.25) is 0 Å². The lowest BCUT2D eigenvalue weighted by molar-refractivity contribution is -0.140. The summed E-state index contributed by atoms with van der Waals surface area (Å²) >= 11 is 1.67. The zero-order valence-electron chi connectivity index (χ0n) is 8.82. The zero-order chi connectivity index (χ0) is 10.4. The molecule has 0 N–H and O–H groups in total. The number of hydrogen-bond donors (Lipinski definition) is 0. The molecule has 1 aliphatic rings. The first-order valence-corrected chi connectivity index (χ1v) is 6.03. The molecule has 0 aromatic heterocycles. The van der Waals surface area contributed by atoms with Crippen molar-refractivity contribution in [1.82, 2.24) is 0 Å². The van der Waals surface area contributed by atoms with Gasteiger partial charge in [0.25, 0.3) is 0 Å². The van der Waals surface area contributed by atoms with E-state index in [-0.39, 0.29) is 11.2 Å². The number of ether oxygens (including phenoxy) is 2. The second-order valence-corrected chi connectivity index (χ2v) is 5.06. The van der Waals surface area contributed by atoms with Crippen molar-refractivity contribution < 1.29 is 14.3 Å². The molecule has 3 nitrogen and oxygen atoms in total. The third kappa shape index (κ3) is 5.50.